The Bertz CT molecular complexity index is 979. The van der Waals surface area contributed by atoms with Gasteiger partial charge in [-0.3, -0.25) is 4.31 Å². The number of anilines is 1. The second-order valence-corrected chi connectivity index (χ2v) is 12.0. The van der Waals surface area contributed by atoms with Gasteiger partial charge in [0.25, 0.3) is 10.0 Å². The predicted molar refractivity (Wildman–Crippen MR) is 135 cm³/mol. The molecular formula is C22H27Cl3N2O2S2. The van der Waals surface area contributed by atoms with E-state index in [1.807, 2.05) is 18.7 Å². The summed E-state index contributed by atoms with van der Waals surface area (Å²) in [5.41, 5.74) is 0.387. The van der Waals surface area contributed by atoms with E-state index in [-0.39, 0.29) is 10.9 Å². The molecule has 3 rings (SSSR count). The summed E-state index contributed by atoms with van der Waals surface area (Å²) < 4.78 is 28.7. The molecule has 0 N–H and O–H groups in total. The second kappa shape index (κ2) is 11.0. The SMILES string of the molecule is CSC1CCN(CC[C@@H](C)N(c2cc(Cl)ccc2Cl)S(=O)(=O)c2ccc(Cl)cc2)CC1. The van der Waals surface area contributed by atoms with Crippen LogP contribution in [0.3, 0.4) is 0 Å². The van der Waals surface area contributed by atoms with Crippen molar-refractivity contribution in [2.24, 2.45) is 0 Å². The molecule has 2 aromatic rings. The average molecular weight is 522 g/mol. The highest BCUT2D eigenvalue weighted by Crippen LogP contribution is 2.35. The Hall–Kier alpha value is -0.630. The molecule has 1 heterocycles. The van der Waals surface area contributed by atoms with Crippen molar-refractivity contribution >= 4 is 62.3 Å². The van der Waals surface area contributed by atoms with Crippen molar-refractivity contribution in [3.05, 3.63) is 57.5 Å². The van der Waals surface area contributed by atoms with Crippen molar-refractivity contribution in [3.63, 3.8) is 0 Å². The first-order valence-electron chi connectivity index (χ1n) is 10.2. The lowest BCUT2D eigenvalue weighted by Crippen LogP contribution is -2.42. The summed E-state index contributed by atoms with van der Waals surface area (Å²) in [6.45, 7) is 4.83. The predicted octanol–water partition coefficient (Wildman–Crippen LogP) is 6.45. The Labute approximate surface area is 204 Å². The van der Waals surface area contributed by atoms with Gasteiger partial charge in [-0.05, 0) is 88.0 Å². The first-order chi connectivity index (χ1) is 14.7. The van der Waals surface area contributed by atoms with E-state index < -0.39 is 10.0 Å². The summed E-state index contributed by atoms with van der Waals surface area (Å²) >= 11 is 20.5. The molecule has 0 aromatic heterocycles. The maximum absolute atomic E-state index is 13.6. The number of halogens is 3. The van der Waals surface area contributed by atoms with E-state index in [1.165, 1.54) is 29.3 Å². The minimum absolute atomic E-state index is 0.167. The standard InChI is InChI=1S/C22H27Cl3N2O2S2/c1-16(9-12-26-13-10-19(30-2)11-14-26)27(22-15-18(24)5-8-21(22)25)31(28,29)20-6-3-17(23)4-7-20/h3-8,15-16,19H,9-14H2,1-2H3/t16-/m1/s1. The Kier molecular flexibility index (Phi) is 8.87. The molecule has 1 saturated heterocycles. The fraction of sp³-hybridized carbons (Fsp3) is 0.455. The Balaban J connectivity index is 1.87. The van der Waals surface area contributed by atoms with Crippen LogP contribution < -0.4 is 4.31 Å². The molecule has 0 radical (unpaired) electrons. The molecule has 9 heteroatoms. The molecule has 31 heavy (non-hydrogen) atoms. The summed E-state index contributed by atoms with van der Waals surface area (Å²) in [7, 11) is -3.87. The molecular weight excluding hydrogens is 495 g/mol. The van der Waals surface area contributed by atoms with Crippen LogP contribution in [0.2, 0.25) is 15.1 Å². The highest BCUT2D eigenvalue weighted by atomic mass is 35.5. The molecule has 1 aliphatic rings. The van der Waals surface area contributed by atoms with E-state index in [0.29, 0.717) is 27.2 Å². The average Bonchev–Trinajstić information content (AvgIpc) is 2.75. The molecule has 2 aromatic carbocycles. The lowest BCUT2D eigenvalue weighted by atomic mass is 10.1. The normalized spacial score (nSPS) is 16.9. The van der Waals surface area contributed by atoms with E-state index in [1.54, 1.807) is 30.3 Å². The Morgan fingerprint density at radius 2 is 1.68 bits per heavy atom. The van der Waals surface area contributed by atoms with Crippen LogP contribution in [0.25, 0.3) is 0 Å². The van der Waals surface area contributed by atoms with Crippen molar-refractivity contribution in [1.82, 2.24) is 4.90 Å². The zero-order valence-electron chi connectivity index (χ0n) is 17.6. The van der Waals surface area contributed by atoms with Gasteiger partial charge in [0.15, 0.2) is 0 Å². The molecule has 0 amide bonds. The van der Waals surface area contributed by atoms with Crippen LogP contribution in [0, 0.1) is 0 Å². The van der Waals surface area contributed by atoms with Crippen LogP contribution in [0.4, 0.5) is 5.69 Å². The van der Waals surface area contributed by atoms with Gasteiger partial charge in [0, 0.05) is 27.9 Å². The van der Waals surface area contributed by atoms with Gasteiger partial charge in [0.2, 0.25) is 0 Å². The van der Waals surface area contributed by atoms with Gasteiger partial charge in [-0.15, -0.1) is 0 Å². The van der Waals surface area contributed by atoms with Crippen molar-refractivity contribution in [3.8, 4) is 0 Å². The third-order valence-corrected chi connectivity index (χ3v) is 9.53. The Morgan fingerprint density at radius 1 is 1.06 bits per heavy atom. The highest BCUT2D eigenvalue weighted by molar-refractivity contribution is 7.99. The monoisotopic (exact) mass is 520 g/mol. The van der Waals surface area contributed by atoms with Gasteiger partial charge < -0.3 is 4.90 Å². The summed E-state index contributed by atoms with van der Waals surface area (Å²) in [6.07, 6.45) is 5.18. The molecule has 0 spiro atoms. The molecule has 1 atom stereocenters. The van der Waals surface area contributed by atoms with Gasteiger partial charge in [-0.25, -0.2) is 8.42 Å². The molecule has 0 bridgehead atoms. The molecule has 1 fully saturated rings. The number of sulfonamides is 1. The van der Waals surface area contributed by atoms with Crippen molar-refractivity contribution in [2.45, 2.75) is 42.4 Å². The van der Waals surface area contributed by atoms with E-state index >= 15 is 0 Å². The third kappa shape index (κ3) is 6.24. The highest BCUT2D eigenvalue weighted by Gasteiger charge is 2.31. The van der Waals surface area contributed by atoms with Crippen molar-refractivity contribution in [2.75, 3.05) is 30.2 Å². The van der Waals surface area contributed by atoms with Crippen LogP contribution in [0.5, 0.6) is 0 Å². The number of piperidine rings is 1. The van der Waals surface area contributed by atoms with Gasteiger partial charge in [0.05, 0.1) is 15.6 Å². The molecule has 170 valence electrons. The molecule has 0 aliphatic carbocycles. The summed E-state index contributed by atoms with van der Waals surface area (Å²) in [4.78, 5) is 2.58. The number of benzene rings is 2. The third-order valence-electron chi connectivity index (χ3n) is 5.65. The number of nitrogens with zero attached hydrogens (tertiary/aromatic N) is 2. The summed E-state index contributed by atoms with van der Waals surface area (Å²) in [5.74, 6) is 0. The van der Waals surface area contributed by atoms with Gasteiger partial charge >= 0.3 is 0 Å². The number of hydrogen-bond acceptors (Lipinski definition) is 4. The van der Waals surface area contributed by atoms with E-state index in [9.17, 15) is 8.42 Å². The van der Waals surface area contributed by atoms with Crippen LogP contribution in [0.15, 0.2) is 47.4 Å². The maximum Gasteiger partial charge on any atom is 0.264 e. The fourth-order valence-corrected chi connectivity index (χ4v) is 6.76. The van der Waals surface area contributed by atoms with Gasteiger partial charge in [0.1, 0.15) is 0 Å². The fourth-order valence-electron chi connectivity index (χ4n) is 3.83. The number of rotatable bonds is 8. The number of likely N-dealkylation sites (tertiary alicyclic amines) is 1. The number of hydrogen-bond donors (Lipinski definition) is 0. The summed E-state index contributed by atoms with van der Waals surface area (Å²) in [5, 5.41) is 1.98. The maximum atomic E-state index is 13.6. The number of thioether (sulfide) groups is 1. The largest absolute Gasteiger partial charge is 0.303 e. The summed E-state index contributed by atoms with van der Waals surface area (Å²) in [6, 6.07) is 10.8. The molecule has 1 aliphatic heterocycles. The van der Waals surface area contributed by atoms with Gasteiger partial charge in [-0.1, -0.05) is 34.8 Å². The van der Waals surface area contributed by atoms with Crippen LogP contribution >= 0.6 is 46.6 Å². The minimum Gasteiger partial charge on any atom is -0.303 e. The van der Waals surface area contributed by atoms with Crippen molar-refractivity contribution < 1.29 is 8.42 Å². The Morgan fingerprint density at radius 3 is 2.29 bits per heavy atom. The molecule has 4 nitrogen and oxygen atoms in total. The molecule has 0 saturated carbocycles. The van der Waals surface area contributed by atoms with E-state index in [2.05, 4.69) is 11.2 Å². The van der Waals surface area contributed by atoms with Crippen LogP contribution in [-0.2, 0) is 10.0 Å². The first kappa shape index (κ1) is 25.0. The zero-order valence-corrected chi connectivity index (χ0v) is 21.5. The molecule has 0 unspecified atom stereocenters. The van der Waals surface area contributed by atoms with E-state index in [4.69, 9.17) is 34.8 Å². The van der Waals surface area contributed by atoms with Crippen molar-refractivity contribution in [1.29, 1.82) is 0 Å². The lowest BCUT2D eigenvalue weighted by molar-refractivity contribution is 0.226. The zero-order chi connectivity index (χ0) is 22.6. The second-order valence-electron chi connectivity index (χ2n) is 7.76. The van der Waals surface area contributed by atoms with E-state index in [0.717, 1.165) is 24.9 Å². The van der Waals surface area contributed by atoms with Gasteiger partial charge in [-0.2, -0.15) is 11.8 Å². The quantitative estimate of drug-likeness (QED) is 0.400. The minimum atomic E-state index is -3.87. The van der Waals surface area contributed by atoms with Crippen LogP contribution in [0.1, 0.15) is 26.2 Å². The first-order valence-corrected chi connectivity index (χ1v) is 14.1. The lowest BCUT2D eigenvalue weighted by Gasteiger charge is -2.35. The smallest absolute Gasteiger partial charge is 0.264 e. The van der Waals surface area contributed by atoms with Crippen LogP contribution in [-0.4, -0.2) is 50.5 Å². The topological polar surface area (TPSA) is 40.6 Å².